The number of rotatable bonds is 5. The third-order valence-electron chi connectivity index (χ3n) is 2.30. The largest absolute Gasteiger partial charge is 0.544 e. The van der Waals surface area contributed by atoms with Crippen LogP contribution in [-0.4, -0.2) is 41.9 Å². The van der Waals surface area contributed by atoms with Crippen LogP contribution < -0.4 is 5.11 Å². The number of aliphatic hydroxyl groups excluding tert-OH is 1. The molecule has 0 aliphatic rings. The molecule has 1 N–H and O–H groups in total. The predicted molar refractivity (Wildman–Crippen MR) is 42.9 cm³/mol. The lowest BCUT2D eigenvalue weighted by Gasteiger charge is -2.37. The predicted octanol–water partition coefficient (Wildman–Crippen LogP) is -1.07. The van der Waals surface area contributed by atoms with E-state index in [0.717, 1.165) is 0 Å². The van der Waals surface area contributed by atoms with E-state index in [1.165, 1.54) is 0 Å². The zero-order valence-corrected chi connectivity index (χ0v) is 7.91. The summed E-state index contributed by atoms with van der Waals surface area (Å²) in [6.07, 6.45) is -0.0645. The van der Waals surface area contributed by atoms with Gasteiger partial charge in [0, 0.05) is 6.42 Å². The topological polar surface area (TPSA) is 60.4 Å². The molecule has 0 saturated heterocycles. The van der Waals surface area contributed by atoms with Crippen LogP contribution in [0.2, 0.25) is 0 Å². The highest BCUT2D eigenvalue weighted by atomic mass is 16.4. The van der Waals surface area contributed by atoms with Gasteiger partial charge in [-0.2, -0.15) is 0 Å². The zero-order valence-electron chi connectivity index (χ0n) is 7.91. The molecule has 4 nitrogen and oxygen atoms in total. The van der Waals surface area contributed by atoms with Crippen molar-refractivity contribution in [3.8, 4) is 0 Å². The normalized spacial score (nSPS) is 18.3. The van der Waals surface area contributed by atoms with Gasteiger partial charge in [0.15, 0.2) is 6.23 Å². The van der Waals surface area contributed by atoms with E-state index < -0.39 is 12.2 Å². The number of carbonyl (C=O) groups excluding carboxylic acids is 1. The molecule has 2 atom stereocenters. The van der Waals surface area contributed by atoms with E-state index in [4.69, 9.17) is 0 Å². The quantitative estimate of drug-likeness (QED) is 0.427. The lowest BCUT2D eigenvalue weighted by atomic mass is 10.3. The molecule has 0 aliphatic heterocycles. The molecule has 4 heteroatoms. The lowest BCUT2D eigenvalue weighted by Crippen LogP contribution is -2.57. The lowest BCUT2D eigenvalue weighted by molar-refractivity contribution is -0.947. The molecular formula is C8H17NO3. The summed E-state index contributed by atoms with van der Waals surface area (Å²) in [5.41, 5.74) is 0. The van der Waals surface area contributed by atoms with Crippen molar-refractivity contribution >= 4 is 5.97 Å². The standard InChI is InChI=1S/C8H17NO3/c1-4-7(10)9(3,5-2)6-8(11)12/h7,10H,4-6H2,1-3H3. The molecule has 0 bridgehead atoms. The number of quaternary nitrogens is 1. The highest BCUT2D eigenvalue weighted by Crippen LogP contribution is 2.09. The van der Waals surface area contributed by atoms with Gasteiger partial charge in [0.2, 0.25) is 0 Å². The van der Waals surface area contributed by atoms with Crippen molar-refractivity contribution < 1.29 is 19.5 Å². The Balaban J connectivity index is 4.32. The summed E-state index contributed by atoms with van der Waals surface area (Å²) in [6.45, 7) is 4.13. The van der Waals surface area contributed by atoms with E-state index in [9.17, 15) is 15.0 Å². The number of carboxylic acid groups (broad SMARTS) is 1. The monoisotopic (exact) mass is 175 g/mol. The summed E-state index contributed by atoms with van der Waals surface area (Å²) in [5, 5.41) is 19.9. The minimum atomic E-state index is -1.12. The maximum Gasteiger partial charge on any atom is 0.190 e. The molecule has 0 saturated carbocycles. The summed E-state index contributed by atoms with van der Waals surface area (Å²) >= 11 is 0. The van der Waals surface area contributed by atoms with E-state index in [-0.39, 0.29) is 11.0 Å². The molecule has 2 unspecified atom stereocenters. The Morgan fingerprint density at radius 1 is 1.58 bits per heavy atom. The summed E-state index contributed by atoms with van der Waals surface area (Å²) < 4.78 is 0.124. The van der Waals surface area contributed by atoms with Gasteiger partial charge in [0.25, 0.3) is 0 Å². The summed E-state index contributed by atoms with van der Waals surface area (Å²) in [5.74, 6) is -1.12. The molecule has 0 aromatic carbocycles. The van der Waals surface area contributed by atoms with Gasteiger partial charge in [0.1, 0.15) is 6.54 Å². The van der Waals surface area contributed by atoms with Crippen molar-refractivity contribution in [2.75, 3.05) is 20.1 Å². The van der Waals surface area contributed by atoms with Gasteiger partial charge in [-0.25, -0.2) is 0 Å². The van der Waals surface area contributed by atoms with Crippen LogP contribution in [0.3, 0.4) is 0 Å². The van der Waals surface area contributed by atoms with E-state index in [1.807, 2.05) is 13.8 Å². The third kappa shape index (κ3) is 2.79. The maximum atomic E-state index is 10.4. The molecule has 72 valence electrons. The maximum absolute atomic E-state index is 10.4. The molecule has 0 aliphatic carbocycles. The minimum absolute atomic E-state index is 0.124. The number of nitrogens with zero attached hydrogens (tertiary/aromatic N) is 1. The van der Waals surface area contributed by atoms with Gasteiger partial charge in [-0.05, 0) is 6.92 Å². The molecule has 0 rings (SSSR count). The van der Waals surface area contributed by atoms with Crippen LogP contribution in [0.5, 0.6) is 0 Å². The first-order chi connectivity index (χ1) is 5.46. The molecule has 0 aromatic heterocycles. The number of aliphatic hydroxyl groups is 1. The molecule has 0 fully saturated rings. The number of carboxylic acids is 1. The highest BCUT2D eigenvalue weighted by molar-refractivity contribution is 5.65. The van der Waals surface area contributed by atoms with E-state index in [1.54, 1.807) is 7.05 Å². The fraction of sp³-hybridized carbons (Fsp3) is 0.875. The second-order valence-corrected chi connectivity index (χ2v) is 3.21. The van der Waals surface area contributed by atoms with E-state index >= 15 is 0 Å². The van der Waals surface area contributed by atoms with Gasteiger partial charge < -0.3 is 15.0 Å². The average molecular weight is 175 g/mol. The Hall–Kier alpha value is -0.610. The number of hydrogen-bond donors (Lipinski definition) is 1. The fourth-order valence-electron chi connectivity index (χ4n) is 1.16. The van der Waals surface area contributed by atoms with Crippen LogP contribution in [-0.2, 0) is 4.79 Å². The first-order valence-electron chi connectivity index (χ1n) is 4.18. The second-order valence-electron chi connectivity index (χ2n) is 3.21. The third-order valence-corrected chi connectivity index (χ3v) is 2.30. The molecule has 12 heavy (non-hydrogen) atoms. The second kappa shape index (κ2) is 4.42. The van der Waals surface area contributed by atoms with E-state index in [0.29, 0.717) is 13.0 Å². The Morgan fingerprint density at radius 2 is 2.08 bits per heavy atom. The Labute approximate surface area is 73.0 Å². The molecular weight excluding hydrogens is 158 g/mol. The summed E-state index contributed by atoms with van der Waals surface area (Å²) in [7, 11) is 1.71. The molecule has 0 radical (unpaired) electrons. The smallest absolute Gasteiger partial charge is 0.190 e. The van der Waals surface area contributed by atoms with Crippen LogP contribution in [0.25, 0.3) is 0 Å². The van der Waals surface area contributed by atoms with Gasteiger partial charge in [-0.15, -0.1) is 0 Å². The molecule has 0 amide bonds. The van der Waals surface area contributed by atoms with Crippen LogP contribution in [0.1, 0.15) is 20.3 Å². The number of hydrogen-bond acceptors (Lipinski definition) is 3. The first-order valence-corrected chi connectivity index (χ1v) is 4.18. The molecule has 0 spiro atoms. The highest BCUT2D eigenvalue weighted by Gasteiger charge is 2.27. The van der Waals surface area contributed by atoms with Crippen molar-refractivity contribution in [1.82, 2.24) is 0 Å². The van der Waals surface area contributed by atoms with Gasteiger partial charge in [-0.3, -0.25) is 4.48 Å². The zero-order chi connectivity index (χ0) is 9.78. The van der Waals surface area contributed by atoms with Crippen molar-refractivity contribution in [2.24, 2.45) is 0 Å². The minimum Gasteiger partial charge on any atom is -0.544 e. The Bertz CT molecular complexity index is 160. The fourth-order valence-corrected chi connectivity index (χ4v) is 1.16. The number of likely N-dealkylation sites (N-methyl/N-ethyl adjacent to an activating group) is 1. The van der Waals surface area contributed by atoms with Crippen molar-refractivity contribution in [3.05, 3.63) is 0 Å². The van der Waals surface area contributed by atoms with Crippen molar-refractivity contribution in [1.29, 1.82) is 0 Å². The molecule has 0 heterocycles. The van der Waals surface area contributed by atoms with Crippen LogP contribution in [0.4, 0.5) is 0 Å². The Kier molecular flexibility index (Phi) is 4.20. The van der Waals surface area contributed by atoms with E-state index in [2.05, 4.69) is 0 Å². The average Bonchev–Trinajstić information content (AvgIpc) is 2.01. The van der Waals surface area contributed by atoms with Crippen molar-refractivity contribution in [2.45, 2.75) is 26.5 Å². The van der Waals surface area contributed by atoms with Gasteiger partial charge >= 0.3 is 0 Å². The van der Waals surface area contributed by atoms with Gasteiger partial charge in [-0.1, -0.05) is 6.92 Å². The summed E-state index contributed by atoms with van der Waals surface area (Å²) in [4.78, 5) is 10.4. The number of aliphatic carboxylic acids is 1. The first kappa shape index (κ1) is 11.4. The van der Waals surface area contributed by atoms with Crippen LogP contribution in [0.15, 0.2) is 0 Å². The van der Waals surface area contributed by atoms with Crippen LogP contribution in [0, 0.1) is 0 Å². The summed E-state index contributed by atoms with van der Waals surface area (Å²) in [6, 6.07) is 0. The van der Waals surface area contributed by atoms with Crippen molar-refractivity contribution in [3.63, 3.8) is 0 Å². The van der Waals surface area contributed by atoms with Gasteiger partial charge in [0.05, 0.1) is 19.6 Å². The molecule has 0 aromatic rings. The number of carbonyl (C=O) groups is 1. The Morgan fingerprint density at radius 3 is 2.33 bits per heavy atom. The van der Waals surface area contributed by atoms with Crippen LogP contribution >= 0.6 is 0 Å². The SMILES string of the molecule is CCC(O)[N+](C)(CC)CC(=O)[O-].